The summed E-state index contributed by atoms with van der Waals surface area (Å²) in [6.45, 7) is 5.53. The minimum Gasteiger partial charge on any atom is -0.463 e. The van der Waals surface area contributed by atoms with E-state index in [4.69, 9.17) is 18.9 Å². The van der Waals surface area contributed by atoms with Crippen molar-refractivity contribution in [3.8, 4) is 0 Å². The molecule has 2 heterocycles. The van der Waals surface area contributed by atoms with Crippen LogP contribution in [0.4, 0.5) is 0 Å². The summed E-state index contributed by atoms with van der Waals surface area (Å²) in [4.78, 5) is 23.4. The molecule has 2 aliphatic rings. The van der Waals surface area contributed by atoms with E-state index in [9.17, 15) is 9.59 Å². The van der Waals surface area contributed by atoms with E-state index in [0.29, 0.717) is 31.8 Å². The van der Waals surface area contributed by atoms with Crippen molar-refractivity contribution in [1.29, 1.82) is 0 Å². The van der Waals surface area contributed by atoms with Crippen molar-refractivity contribution in [2.75, 3.05) is 26.4 Å². The van der Waals surface area contributed by atoms with Gasteiger partial charge in [-0.05, 0) is 20.3 Å². The molecule has 2 aliphatic heterocycles. The average molecular weight is 284 g/mol. The van der Waals surface area contributed by atoms with Gasteiger partial charge in [-0.15, -0.1) is 0 Å². The molecule has 6 nitrogen and oxygen atoms in total. The molecule has 2 rings (SSSR count). The van der Waals surface area contributed by atoms with Crippen molar-refractivity contribution in [2.45, 2.75) is 38.9 Å². The molecular weight excluding hydrogens is 264 g/mol. The largest absolute Gasteiger partial charge is 0.463 e. The summed E-state index contributed by atoms with van der Waals surface area (Å²) in [7, 11) is 0. The SMILES string of the molecule is CC(C)=C(CCC(=O)OCC1CO1)C(=O)OCC1CO1. The summed E-state index contributed by atoms with van der Waals surface area (Å²) in [5.74, 6) is -0.698. The second-order valence-corrected chi connectivity index (χ2v) is 5.17. The first-order valence-electron chi connectivity index (χ1n) is 6.78. The molecule has 112 valence electrons. The molecule has 0 N–H and O–H groups in total. The number of esters is 2. The molecule has 0 aromatic heterocycles. The molecule has 0 bridgehead atoms. The Morgan fingerprint density at radius 3 is 2.05 bits per heavy atom. The van der Waals surface area contributed by atoms with E-state index in [-0.39, 0.29) is 37.2 Å². The first-order chi connectivity index (χ1) is 9.56. The van der Waals surface area contributed by atoms with Gasteiger partial charge in [-0.3, -0.25) is 4.79 Å². The maximum absolute atomic E-state index is 11.9. The van der Waals surface area contributed by atoms with Gasteiger partial charge in [0.2, 0.25) is 0 Å². The van der Waals surface area contributed by atoms with Crippen molar-refractivity contribution in [2.24, 2.45) is 0 Å². The molecule has 0 radical (unpaired) electrons. The standard InChI is InChI=1S/C14H20O6/c1-9(2)12(14(16)20-8-11-6-18-11)3-4-13(15)19-7-10-5-17-10/h10-11H,3-8H2,1-2H3. The van der Waals surface area contributed by atoms with Crippen LogP contribution in [0.3, 0.4) is 0 Å². The lowest BCUT2D eigenvalue weighted by molar-refractivity contribution is -0.144. The van der Waals surface area contributed by atoms with E-state index in [0.717, 1.165) is 5.57 Å². The van der Waals surface area contributed by atoms with Crippen LogP contribution in [0.5, 0.6) is 0 Å². The van der Waals surface area contributed by atoms with Gasteiger partial charge in [-0.25, -0.2) is 4.79 Å². The van der Waals surface area contributed by atoms with Crippen LogP contribution in [-0.2, 0) is 28.5 Å². The van der Waals surface area contributed by atoms with Gasteiger partial charge >= 0.3 is 11.9 Å². The summed E-state index contributed by atoms with van der Waals surface area (Å²) in [5, 5.41) is 0. The van der Waals surface area contributed by atoms with Gasteiger partial charge in [-0.1, -0.05) is 5.57 Å². The molecular formula is C14H20O6. The summed E-state index contributed by atoms with van der Waals surface area (Å²) in [5.41, 5.74) is 1.38. The van der Waals surface area contributed by atoms with E-state index in [1.54, 1.807) is 0 Å². The minimum atomic E-state index is -0.376. The molecule has 0 spiro atoms. The van der Waals surface area contributed by atoms with Gasteiger partial charge in [-0.2, -0.15) is 0 Å². The summed E-state index contributed by atoms with van der Waals surface area (Å²) in [6.07, 6.45) is 0.602. The van der Waals surface area contributed by atoms with Crippen molar-refractivity contribution in [3.63, 3.8) is 0 Å². The van der Waals surface area contributed by atoms with Gasteiger partial charge in [0.15, 0.2) is 0 Å². The lowest BCUT2D eigenvalue weighted by Crippen LogP contribution is -2.15. The molecule has 2 unspecified atom stereocenters. The highest BCUT2D eigenvalue weighted by molar-refractivity contribution is 5.90. The number of ether oxygens (including phenoxy) is 4. The van der Waals surface area contributed by atoms with Crippen molar-refractivity contribution in [1.82, 2.24) is 0 Å². The lowest BCUT2D eigenvalue weighted by atomic mass is 10.1. The van der Waals surface area contributed by atoms with Crippen LogP contribution in [0.25, 0.3) is 0 Å². The van der Waals surface area contributed by atoms with Crippen LogP contribution in [0.1, 0.15) is 26.7 Å². The van der Waals surface area contributed by atoms with E-state index in [1.807, 2.05) is 13.8 Å². The smallest absolute Gasteiger partial charge is 0.334 e. The van der Waals surface area contributed by atoms with Crippen LogP contribution in [-0.4, -0.2) is 50.6 Å². The Hall–Kier alpha value is -1.40. The van der Waals surface area contributed by atoms with Crippen LogP contribution in [0, 0.1) is 0 Å². The Labute approximate surface area is 118 Å². The van der Waals surface area contributed by atoms with E-state index < -0.39 is 0 Å². The first-order valence-corrected chi connectivity index (χ1v) is 6.78. The maximum atomic E-state index is 11.9. The van der Waals surface area contributed by atoms with E-state index >= 15 is 0 Å². The molecule has 2 atom stereocenters. The van der Waals surface area contributed by atoms with Gasteiger partial charge in [0.25, 0.3) is 0 Å². The molecule has 20 heavy (non-hydrogen) atoms. The fourth-order valence-corrected chi connectivity index (χ4v) is 1.63. The highest BCUT2D eigenvalue weighted by atomic mass is 16.6. The number of rotatable bonds is 8. The predicted molar refractivity (Wildman–Crippen MR) is 69.0 cm³/mol. The number of carbonyl (C=O) groups excluding carboxylic acids is 2. The number of hydrogen-bond donors (Lipinski definition) is 0. The topological polar surface area (TPSA) is 77.7 Å². The number of allylic oxidation sites excluding steroid dienone is 1. The molecule has 6 heteroatoms. The zero-order chi connectivity index (χ0) is 14.5. The number of hydrogen-bond acceptors (Lipinski definition) is 6. The second-order valence-electron chi connectivity index (χ2n) is 5.17. The monoisotopic (exact) mass is 284 g/mol. The Bertz CT molecular complexity index is 402. The normalized spacial score (nSPS) is 22.9. The zero-order valence-electron chi connectivity index (χ0n) is 11.8. The van der Waals surface area contributed by atoms with Crippen molar-refractivity contribution in [3.05, 3.63) is 11.1 Å². The Balaban J connectivity index is 1.71. The third kappa shape index (κ3) is 5.30. The Morgan fingerprint density at radius 1 is 1.00 bits per heavy atom. The summed E-state index contributed by atoms with van der Waals surface area (Å²) in [6, 6.07) is 0. The highest BCUT2D eigenvalue weighted by Gasteiger charge is 2.26. The van der Waals surface area contributed by atoms with Gasteiger partial charge in [0, 0.05) is 12.0 Å². The molecule has 2 saturated heterocycles. The predicted octanol–water partition coefficient (Wildman–Crippen LogP) is 0.987. The number of epoxide rings is 2. The van der Waals surface area contributed by atoms with Crippen LogP contribution in [0.2, 0.25) is 0 Å². The Kier molecular flexibility index (Phi) is 5.14. The third-order valence-corrected chi connectivity index (χ3v) is 3.06. The van der Waals surface area contributed by atoms with Gasteiger partial charge in [0.1, 0.15) is 25.4 Å². The van der Waals surface area contributed by atoms with Crippen LogP contribution >= 0.6 is 0 Å². The van der Waals surface area contributed by atoms with E-state index in [1.165, 1.54) is 0 Å². The fraction of sp³-hybridized carbons (Fsp3) is 0.714. The molecule has 0 amide bonds. The molecule has 0 aliphatic carbocycles. The third-order valence-electron chi connectivity index (χ3n) is 3.06. The number of carbonyl (C=O) groups is 2. The van der Waals surface area contributed by atoms with Crippen LogP contribution < -0.4 is 0 Å². The maximum Gasteiger partial charge on any atom is 0.334 e. The molecule has 0 saturated carbocycles. The lowest BCUT2D eigenvalue weighted by Gasteiger charge is -2.09. The van der Waals surface area contributed by atoms with Crippen molar-refractivity contribution < 1.29 is 28.5 Å². The zero-order valence-corrected chi connectivity index (χ0v) is 11.8. The Morgan fingerprint density at radius 2 is 1.55 bits per heavy atom. The van der Waals surface area contributed by atoms with Gasteiger partial charge in [0.05, 0.1) is 13.2 Å². The van der Waals surface area contributed by atoms with Gasteiger partial charge < -0.3 is 18.9 Å². The average Bonchev–Trinajstić information content (AvgIpc) is 3.27. The first kappa shape index (κ1) is 15.0. The fourth-order valence-electron chi connectivity index (χ4n) is 1.63. The minimum absolute atomic E-state index is 0.0425. The highest BCUT2D eigenvalue weighted by Crippen LogP contribution is 2.16. The quantitative estimate of drug-likeness (QED) is 0.376. The van der Waals surface area contributed by atoms with Crippen LogP contribution in [0.15, 0.2) is 11.1 Å². The molecule has 2 fully saturated rings. The molecule has 0 aromatic rings. The van der Waals surface area contributed by atoms with E-state index in [2.05, 4.69) is 0 Å². The molecule has 0 aromatic carbocycles. The second kappa shape index (κ2) is 6.85. The summed E-state index contributed by atoms with van der Waals surface area (Å²) >= 11 is 0. The summed E-state index contributed by atoms with van der Waals surface area (Å²) < 4.78 is 20.1. The van der Waals surface area contributed by atoms with Crippen molar-refractivity contribution >= 4 is 11.9 Å².